The molecule has 1 rings (SSSR count). The molecule has 0 saturated carbocycles. The number of aliphatic hydroxyl groups excluding tert-OH is 1. The molecular weight excluding hydrogens is 224 g/mol. The molecule has 0 spiro atoms. The Kier molecular flexibility index (Phi) is 4.71. The smallest absolute Gasteiger partial charge is 0.0621 e. The highest BCUT2D eigenvalue weighted by Gasteiger charge is 2.32. The molecular formula is C12H19ClN2O. The zero-order valence-electron chi connectivity index (χ0n) is 9.78. The Labute approximate surface area is 102 Å². The summed E-state index contributed by atoms with van der Waals surface area (Å²) in [5, 5.41) is 10.2. The number of aliphatic hydroxyl groups is 1. The van der Waals surface area contributed by atoms with Gasteiger partial charge < -0.3 is 10.8 Å². The van der Waals surface area contributed by atoms with Crippen LogP contribution in [0.1, 0.15) is 19.4 Å². The first-order valence-corrected chi connectivity index (χ1v) is 5.83. The normalized spacial score (nSPS) is 15.1. The lowest BCUT2D eigenvalue weighted by atomic mass is 9.73. The molecule has 1 heterocycles. The van der Waals surface area contributed by atoms with E-state index in [-0.39, 0.29) is 12.0 Å². The molecule has 0 aliphatic heterocycles. The molecule has 0 aliphatic rings. The second-order valence-corrected chi connectivity index (χ2v) is 4.93. The fourth-order valence-corrected chi connectivity index (χ4v) is 1.93. The highest BCUT2D eigenvalue weighted by Crippen LogP contribution is 2.32. The van der Waals surface area contributed by atoms with Crippen molar-refractivity contribution >= 4 is 11.6 Å². The van der Waals surface area contributed by atoms with E-state index in [0.717, 1.165) is 5.56 Å². The molecule has 0 amide bonds. The number of nitrogens with two attached hydrogens (primary N) is 1. The summed E-state index contributed by atoms with van der Waals surface area (Å²) in [5.41, 5.74) is 6.49. The highest BCUT2D eigenvalue weighted by molar-refractivity contribution is 6.31. The molecule has 90 valence electrons. The molecule has 1 aromatic heterocycles. The first kappa shape index (κ1) is 13.4. The molecule has 1 unspecified atom stereocenters. The molecule has 0 saturated heterocycles. The third-order valence-corrected chi connectivity index (χ3v) is 3.69. The van der Waals surface area contributed by atoms with Gasteiger partial charge in [-0.1, -0.05) is 25.4 Å². The summed E-state index contributed by atoms with van der Waals surface area (Å²) in [6.45, 7) is 4.65. The summed E-state index contributed by atoms with van der Waals surface area (Å²) in [7, 11) is 0. The predicted molar refractivity (Wildman–Crippen MR) is 66.4 cm³/mol. The third kappa shape index (κ3) is 2.73. The molecule has 3 N–H and O–H groups in total. The van der Waals surface area contributed by atoms with Crippen molar-refractivity contribution in [1.82, 2.24) is 4.98 Å². The van der Waals surface area contributed by atoms with Gasteiger partial charge >= 0.3 is 0 Å². The van der Waals surface area contributed by atoms with Crippen LogP contribution in [0.4, 0.5) is 0 Å². The van der Waals surface area contributed by atoms with Crippen molar-refractivity contribution in [3.63, 3.8) is 0 Å². The van der Waals surface area contributed by atoms with Crippen LogP contribution in [0.25, 0.3) is 0 Å². The Morgan fingerprint density at radius 2 is 2.25 bits per heavy atom. The van der Waals surface area contributed by atoms with Crippen LogP contribution in [0.5, 0.6) is 0 Å². The van der Waals surface area contributed by atoms with E-state index >= 15 is 0 Å². The predicted octanol–water partition coefficient (Wildman–Crippen LogP) is 1.87. The van der Waals surface area contributed by atoms with Crippen LogP contribution in [-0.4, -0.2) is 23.2 Å². The molecule has 0 aliphatic carbocycles. The van der Waals surface area contributed by atoms with Gasteiger partial charge in [0, 0.05) is 24.4 Å². The fraction of sp³-hybridized carbons (Fsp3) is 0.583. The van der Waals surface area contributed by atoms with Crippen LogP contribution in [-0.2, 0) is 6.42 Å². The maximum Gasteiger partial charge on any atom is 0.0621 e. The monoisotopic (exact) mass is 242 g/mol. The fourth-order valence-electron chi connectivity index (χ4n) is 1.74. The van der Waals surface area contributed by atoms with Crippen LogP contribution < -0.4 is 5.73 Å². The van der Waals surface area contributed by atoms with Gasteiger partial charge in [-0.05, 0) is 24.0 Å². The Morgan fingerprint density at radius 3 is 2.69 bits per heavy atom. The van der Waals surface area contributed by atoms with E-state index in [4.69, 9.17) is 17.3 Å². The minimum atomic E-state index is -0.301. The van der Waals surface area contributed by atoms with Gasteiger partial charge in [-0.3, -0.25) is 4.98 Å². The average Bonchev–Trinajstić information content (AvgIpc) is 2.28. The van der Waals surface area contributed by atoms with E-state index in [9.17, 15) is 5.11 Å². The quantitative estimate of drug-likeness (QED) is 0.829. The SMILES string of the molecule is CC(C)C(CN)(CO)Cc1ccncc1Cl. The second kappa shape index (κ2) is 5.62. The van der Waals surface area contributed by atoms with Gasteiger partial charge in [0.2, 0.25) is 0 Å². The zero-order chi connectivity index (χ0) is 12.2. The molecule has 4 heteroatoms. The van der Waals surface area contributed by atoms with Gasteiger partial charge in [-0.2, -0.15) is 0 Å². The summed E-state index contributed by atoms with van der Waals surface area (Å²) >= 11 is 6.06. The highest BCUT2D eigenvalue weighted by atomic mass is 35.5. The second-order valence-electron chi connectivity index (χ2n) is 4.52. The van der Waals surface area contributed by atoms with Crippen LogP contribution in [0, 0.1) is 11.3 Å². The van der Waals surface area contributed by atoms with Crippen LogP contribution in [0.3, 0.4) is 0 Å². The lowest BCUT2D eigenvalue weighted by Gasteiger charge is -2.35. The summed E-state index contributed by atoms with van der Waals surface area (Å²) in [4.78, 5) is 3.95. The van der Waals surface area contributed by atoms with E-state index in [1.807, 2.05) is 6.07 Å². The van der Waals surface area contributed by atoms with Crippen molar-refractivity contribution in [2.24, 2.45) is 17.1 Å². The molecule has 1 aromatic rings. The van der Waals surface area contributed by atoms with Gasteiger partial charge in [0.25, 0.3) is 0 Å². The van der Waals surface area contributed by atoms with Gasteiger partial charge in [0.15, 0.2) is 0 Å². The van der Waals surface area contributed by atoms with Gasteiger partial charge in [-0.25, -0.2) is 0 Å². The van der Waals surface area contributed by atoms with Crippen molar-refractivity contribution < 1.29 is 5.11 Å². The number of aromatic nitrogens is 1. The van der Waals surface area contributed by atoms with Gasteiger partial charge in [0.05, 0.1) is 11.6 Å². The number of halogens is 1. The van der Waals surface area contributed by atoms with Crippen molar-refractivity contribution in [1.29, 1.82) is 0 Å². The van der Waals surface area contributed by atoms with Gasteiger partial charge in [0.1, 0.15) is 0 Å². The van der Waals surface area contributed by atoms with Crippen LogP contribution >= 0.6 is 11.6 Å². The minimum absolute atomic E-state index is 0.0693. The minimum Gasteiger partial charge on any atom is -0.396 e. The molecule has 3 nitrogen and oxygen atoms in total. The summed E-state index contributed by atoms with van der Waals surface area (Å²) in [5.74, 6) is 0.298. The van der Waals surface area contributed by atoms with Crippen molar-refractivity contribution in [2.45, 2.75) is 20.3 Å². The first-order valence-electron chi connectivity index (χ1n) is 5.45. The standard InChI is InChI=1S/C12H19ClN2O/c1-9(2)12(7-14,8-16)5-10-3-4-15-6-11(10)13/h3-4,6,9,16H,5,7-8,14H2,1-2H3. The lowest BCUT2D eigenvalue weighted by Crippen LogP contribution is -2.41. The van der Waals surface area contributed by atoms with Crippen LogP contribution in [0.15, 0.2) is 18.5 Å². The van der Waals surface area contributed by atoms with E-state index in [0.29, 0.717) is 23.9 Å². The molecule has 0 bridgehead atoms. The summed E-state index contributed by atoms with van der Waals surface area (Å²) in [6.07, 6.45) is 4.01. The van der Waals surface area contributed by atoms with E-state index in [2.05, 4.69) is 18.8 Å². The Balaban J connectivity index is 2.96. The maximum atomic E-state index is 9.56. The summed E-state index contributed by atoms with van der Waals surface area (Å²) < 4.78 is 0. The van der Waals surface area contributed by atoms with Crippen molar-refractivity contribution in [3.8, 4) is 0 Å². The zero-order valence-corrected chi connectivity index (χ0v) is 10.5. The number of hydrogen-bond acceptors (Lipinski definition) is 3. The number of pyridine rings is 1. The largest absolute Gasteiger partial charge is 0.396 e. The summed E-state index contributed by atoms with van der Waals surface area (Å²) in [6, 6.07) is 1.88. The molecule has 1 atom stereocenters. The Hall–Kier alpha value is -0.640. The van der Waals surface area contributed by atoms with Gasteiger partial charge in [-0.15, -0.1) is 0 Å². The number of rotatable bonds is 5. The van der Waals surface area contributed by atoms with E-state index in [1.165, 1.54) is 0 Å². The average molecular weight is 243 g/mol. The third-order valence-electron chi connectivity index (χ3n) is 3.35. The van der Waals surface area contributed by atoms with Crippen LogP contribution in [0.2, 0.25) is 5.02 Å². The number of nitrogens with zero attached hydrogens (tertiary/aromatic N) is 1. The molecule has 0 aromatic carbocycles. The maximum absolute atomic E-state index is 9.56. The van der Waals surface area contributed by atoms with Crippen molar-refractivity contribution in [2.75, 3.05) is 13.2 Å². The topological polar surface area (TPSA) is 59.1 Å². The lowest BCUT2D eigenvalue weighted by molar-refractivity contribution is 0.0843. The van der Waals surface area contributed by atoms with E-state index in [1.54, 1.807) is 12.4 Å². The van der Waals surface area contributed by atoms with Crippen molar-refractivity contribution in [3.05, 3.63) is 29.0 Å². The molecule has 0 radical (unpaired) electrons. The Bertz CT molecular complexity index is 338. The van der Waals surface area contributed by atoms with E-state index < -0.39 is 0 Å². The molecule has 16 heavy (non-hydrogen) atoms. The molecule has 0 fully saturated rings. The number of hydrogen-bond donors (Lipinski definition) is 2. The Morgan fingerprint density at radius 1 is 1.56 bits per heavy atom. The first-order chi connectivity index (χ1) is 7.55.